The van der Waals surface area contributed by atoms with E-state index in [1.165, 1.54) is 12.3 Å². The van der Waals surface area contributed by atoms with Crippen LogP contribution in [-0.2, 0) is 4.79 Å². The molecule has 0 aliphatic rings. The number of aromatic nitrogens is 1. The number of thioether (sulfide) groups is 1. The minimum atomic E-state index is -0.419. The van der Waals surface area contributed by atoms with Crippen molar-refractivity contribution in [3.05, 3.63) is 58.3 Å². The van der Waals surface area contributed by atoms with Crippen LogP contribution in [0.3, 0.4) is 0 Å². The lowest BCUT2D eigenvalue weighted by molar-refractivity contribution is -0.118. The number of halogens is 2. The minimum absolute atomic E-state index is 0.0884. The third-order valence-electron chi connectivity index (χ3n) is 2.95. The molecule has 1 heterocycles. The van der Waals surface area contributed by atoms with E-state index >= 15 is 0 Å². The van der Waals surface area contributed by atoms with Gasteiger partial charge in [0.2, 0.25) is 0 Å². The molecule has 2 aromatic carbocycles. The van der Waals surface area contributed by atoms with Crippen molar-refractivity contribution in [3.8, 4) is 0 Å². The molecule has 0 bridgehead atoms. The van der Waals surface area contributed by atoms with Crippen molar-refractivity contribution in [1.82, 2.24) is 10.4 Å². The van der Waals surface area contributed by atoms with E-state index in [1.807, 2.05) is 24.3 Å². The Balaban J connectivity index is 1.54. The quantitative estimate of drug-likeness (QED) is 0.394. The summed E-state index contributed by atoms with van der Waals surface area (Å²) in [5, 5.41) is 4.16. The molecule has 0 aliphatic carbocycles. The van der Waals surface area contributed by atoms with Gasteiger partial charge in [-0.25, -0.2) is 14.8 Å². The first-order valence-electron chi connectivity index (χ1n) is 6.87. The van der Waals surface area contributed by atoms with E-state index < -0.39 is 5.82 Å². The number of nitrogens with one attached hydrogen (secondary N) is 1. The smallest absolute Gasteiger partial charge is 0.257 e. The maximum Gasteiger partial charge on any atom is 0.257 e. The van der Waals surface area contributed by atoms with Crippen molar-refractivity contribution in [2.75, 3.05) is 5.75 Å². The Morgan fingerprint density at radius 3 is 3.04 bits per heavy atom. The number of benzene rings is 2. The van der Waals surface area contributed by atoms with Crippen LogP contribution in [-0.4, -0.2) is 22.9 Å². The number of rotatable bonds is 5. The van der Waals surface area contributed by atoms with Crippen molar-refractivity contribution in [2.24, 2.45) is 5.10 Å². The zero-order chi connectivity index (χ0) is 16.9. The second kappa shape index (κ2) is 7.59. The van der Waals surface area contributed by atoms with E-state index in [4.69, 9.17) is 4.42 Å². The number of hydrogen-bond acceptors (Lipinski definition) is 5. The Labute approximate surface area is 149 Å². The summed E-state index contributed by atoms with van der Waals surface area (Å²) in [4.78, 5) is 16.0. The lowest BCUT2D eigenvalue weighted by Crippen LogP contribution is -2.19. The highest BCUT2D eigenvalue weighted by Crippen LogP contribution is 2.22. The van der Waals surface area contributed by atoms with Gasteiger partial charge in [0, 0.05) is 10.0 Å². The molecule has 0 aliphatic heterocycles. The molecule has 0 atom stereocenters. The normalized spacial score (nSPS) is 11.2. The van der Waals surface area contributed by atoms with Gasteiger partial charge in [0.05, 0.1) is 12.0 Å². The third kappa shape index (κ3) is 4.21. The number of hydrogen-bond donors (Lipinski definition) is 1. The third-order valence-corrected chi connectivity index (χ3v) is 4.27. The van der Waals surface area contributed by atoms with E-state index in [0.29, 0.717) is 10.8 Å². The number of nitrogens with zero attached hydrogens (tertiary/aromatic N) is 2. The van der Waals surface area contributed by atoms with Crippen molar-refractivity contribution in [3.63, 3.8) is 0 Å². The number of carbonyl (C=O) groups excluding carboxylic acids is 1. The lowest BCUT2D eigenvalue weighted by atomic mass is 10.2. The van der Waals surface area contributed by atoms with Crippen LogP contribution in [0.1, 0.15) is 5.56 Å². The molecule has 0 unspecified atom stereocenters. The second-order valence-electron chi connectivity index (χ2n) is 4.70. The van der Waals surface area contributed by atoms with Crippen molar-refractivity contribution < 1.29 is 13.6 Å². The number of oxazole rings is 1. The van der Waals surface area contributed by atoms with E-state index in [2.05, 4.69) is 31.4 Å². The molecule has 0 saturated heterocycles. The predicted molar refractivity (Wildman–Crippen MR) is 94.6 cm³/mol. The molecule has 1 aromatic heterocycles. The van der Waals surface area contributed by atoms with Crippen LogP contribution in [0.4, 0.5) is 4.39 Å². The molecule has 0 radical (unpaired) electrons. The topological polar surface area (TPSA) is 67.5 Å². The molecule has 1 N–H and O–H groups in total. The molecule has 3 rings (SSSR count). The first-order chi connectivity index (χ1) is 11.6. The number of amides is 1. The number of fused-ring (bicyclic) bond motifs is 1. The van der Waals surface area contributed by atoms with E-state index in [-0.39, 0.29) is 17.2 Å². The fraction of sp³-hybridized carbons (Fsp3) is 0.0625. The summed E-state index contributed by atoms with van der Waals surface area (Å²) in [7, 11) is 0. The monoisotopic (exact) mass is 407 g/mol. The van der Waals surface area contributed by atoms with Gasteiger partial charge < -0.3 is 4.42 Å². The highest BCUT2D eigenvalue weighted by atomic mass is 79.9. The Bertz CT molecular complexity index is 880. The highest BCUT2D eigenvalue weighted by Gasteiger charge is 2.08. The van der Waals surface area contributed by atoms with Gasteiger partial charge in [-0.2, -0.15) is 5.10 Å². The molecule has 8 heteroatoms. The van der Waals surface area contributed by atoms with Gasteiger partial charge in [-0.05, 0) is 30.3 Å². The van der Waals surface area contributed by atoms with Crippen LogP contribution in [0.2, 0.25) is 0 Å². The van der Waals surface area contributed by atoms with Crippen LogP contribution >= 0.6 is 27.7 Å². The second-order valence-corrected chi connectivity index (χ2v) is 6.54. The molecular formula is C16H11BrFN3O2S. The average Bonchev–Trinajstić information content (AvgIpc) is 2.99. The largest absolute Gasteiger partial charge is 0.431 e. The van der Waals surface area contributed by atoms with Crippen LogP contribution in [0.15, 0.2) is 61.7 Å². The Morgan fingerprint density at radius 1 is 1.38 bits per heavy atom. The Kier molecular flexibility index (Phi) is 5.27. The predicted octanol–water partition coefficient (Wildman–Crippen LogP) is 3.97. The SMILES string of the molecule is O=C(CSc1nc2ccccc2o1)NN=Cc1cc(Br)ccc1F. The summed E-state index contributed by atoms with van der Waals surface area (Å²) >= 11 is 4.41. The molecule has 3 aromatic rings. The highest BCUT2D eigenvalue weighted by molar-refractivity contribution is 9.10. The summed E-state index contributed by atoms with van der Waals surface area (Å²) < 4.78 is 19.7. The zero-order valence-corrected chi connectivity index (χ0v) is 14.6. The van der Waals surface area contributed by atoms with Gasteiger partial charge in [-0.15, -0.1) is 0 Å². The summed E-state index contributed by atoms with van der Waals surface area (Å²) in [5.41, 5.74) is 4.02. The van der Waals surface area contributed by atoms with Gasteiger partial charge in [0.15, 0.2) is 5.58 Å². The van der Waals surface area contributed by atoms with Crippen LogP contribution in [0.5, 0.6) is 0 Å². The zero-order valence-electron chi connectivity index (χ0n) is 12.2. The summed E-state index contributed by atoms with van der Waals surface area (Å²) in [6, 6.07) is 11.8. The van der Waals surface area contributed by atoms with Crippen molar-refractivity contribution >= 4 is 50.9 Å². The van der Waals surface area contributed by atoms with Crippen molar-refractivity contribution in [1.29, 1.82) is 0 Å². The van der Waals surface area contributed by atoms with Crippen LogP contribution in [0, 0.1) is 5.82 Å². The molecule has 1 amide bonds. The van der Waals surface area contributed by atoms with E-state index in [0.717, 1.165) is 21.8 Å². The van der Waals surface area contributed by atoms with E-state index in [9.17, 15) is 9.18 Å². The molecule has 0 saturated carbocycles. The molecule has 0 spiro atoms. The fourth-order valence-electron chi connectivity index (χ4n) is 1.86. The lowest BCUT2D eigenvalue weighted by Gasteiger charge is -1.99. The van der Waals surface area contributed by atoms with Gasteiger partial charge in [0.1, 0.15) is 11.3 Å². The van der Waals surface area contributed by atoms with Crippen molar-refractivity contribution in [2.45, 2.75) is 5.22 Å². The van der Waals surface area contributed by atoms with Gasteiger partial charge in [-0.1, -0.05) is 39.8 Å². The number of carbonyl (C=O) groups is 1. The first-order valence-corrected chi connectivity index (χ1v) is 8.65. The maximum atomic E-state index is 13.5. The number of para-hydroxylation sites is 2. The van der Waals surface area contributed by atoms with Gasteiger partial charge in [0.25, 0.3) is 11.1 Å². The average molecular weight is 408 g/mol. The molecule has 5 nitrogen and oxygen atoms in total. The fourth-order valence-corrected chi connectivity index (χ4v) is 2.87. The Hall–Kier alpha value is -2.19. The number of hydrazone groups is 1. The van der Waals surface area contributed by atoms with E-state index in [1.54, 1.807) is 12.1 Å². The standard InChI is InChI=1S/C16H11BrFN3O2S/c17-11-5-6-12(18)10(7-11)8-19-21-15(22)9-24-16-20-13-3-1-2-4-14(13)23-16/h1-8H,9H2,(H,21,22). The first kappa shape index (κ1) is 16.7. The molecule has 122 valence electrons. The van der Waals surface area contributed by atoms with Gasteiger partial charge in [-0.3, -0.25) is 4.79 Å². The maximum absolute atomic E-state index is 13.5. The molecule has 24 heavy (non-hydrogen) atoms. The summed E-state index contributed by atoms with van der Waals surface area (Å²) in [6.45, 7) is 0. The van der Waals surface area contributed by atoms with Crippen LogP contribution in [0.25, 0.3) is 11.1 Å². The minimum Gasteiger partial charge on any atom is -0.431 e. The van der Waals surface area contributed by atoms with Gasteiger partial charge >= 0.3 is 0 Å². The summed E-state index contributed by atoms with van der Waals surface area (Å²) in [5.74, 6) is -0.670. The summed E-state index contributed by atoms with van der Waals surface area (Å²) in [6.07, 6.45) is 1.25. The Morgan fingerprint density at radius 2 is 2.21 bits per heavy atom. The molecular weight excluding hydrogens is 397 g/mol. The molecule has 0 fully saturated rings. The van der Waals surface area contributed by atoms with Crippen LogP contribution < -0.4 is 5.43 Å².